The van der Waals surface area contributed by atoms with Gasteiger partial charge < -0.3 is 9.42 Å². The van der Waals surface area contributed by atoms with E-state index in [2.05, 4.69) is 10.1 Å². The van der Waals surface area contributed by atoms with E-state index in [1.807, 2.05) is 0 Å². The van der Waals surface area contributed by atoms with Crippen LogP contribution in [0, 0.1) is 12.7 Å². The zero-order valence-corrected chi connectivity index (χ0v) is 15.9. The zero-order valence-electron chi connectivity index (χ0n) is 15.1. The van der Waals surface area contributed by atoms with Gasteiger partial charge in [-0.15, -0.1) is 0 Å². The van der Waals surface area contributed by atoms with Crippen molar-refractivity contribution >= 4 is 15.9 Å². The van der Waals surface area contributed by atoms with Gasteiger partial charge >= 0.3 is 0 Å². The molecule has 1 fully saturated rings. The molecule has 3 rings (SSSR count). The maximum absolute atomic E-state index is 13.8. The number of sulfonamides is 1. The molecule has 8 nitrogen and oxygen atoms in total. The molecule has 1 aromatic heterocycles. The van der Waals surface area contributed by atoms with E-state index in [1.165, 1.54) is 10.4 Å². The second-order valence-corrected chi connectivity index (χ2v) is 8.44. The number of aromatic nitrogens is 2. The van der Waals surface area contributed by atoms with Crippen LogP contribution in [0.25, 0.3) is 0 Å². The maximum Gasteiger partial charge on any atom is 0.245 e. The molecule has 0 saturated carbocycles. The molecule has 1 aromatic carbocycles. The highest BCUT2D eigenvalue weighted by Crippen LogP contribution is 2.28. The summed E-state index contributed by atoms with van der Waals surface area (Å²) in [5.74, 6) is -0.0648. The van der Waals surface area contributed by atoms with Crippen LogP contribution in [0.5, 0.6) is 0 Å². The summed E-state index contributed by atoms with van der Waals surface area (Å²) in [6.07, 6.45) is 1.35. The van der Waals surface area contributed by atoms with Crippen LogP contribution in [-0.4, -0.2) is 59.6 Å². The summed E-state index contributed by atoms with van der Waals surface area (Å²) in [7, 11) is -3.54. The molecule has 1 aliphatic heterocycles. The molecule has 0 spiro atoms. The molecule has 0 aliphatic carbocycles. The van der Waals surface area contributed by atoms with E-state index in [1.54, 1.807) is 30.0 Å². The molecule has 1 aliphatic rings. The van der Waals surface area contributed by atoms with Crippen LogP contribution in [0.1, 0.15) is 29.7 Å². The Bertz CT molecular complexity index is 931. The van der Waals surface area contributed by atoms with Crippen LogP contribution < -0.4 is 0 Å². The molecular formula is C17H21FN4O4S. The third-order valence-corrected chi connectivity index (χ3v) is 5.81. The van der Waals surface area contributed by atoms with Gasteiger partial charge in [0.15, 0.2) is 5.82 Å². The summed E-state index contributed by atoms with van der Waals surface area (Å²) in [6, 6.07) is 5.48. The van der Waals surface area contributed by atoms with E-state index < -0.39 is 21.9 Å². The zero-order chi connectivity index (χ0) is 19.6. The second kappa shape index (κ2) is 7.73. The molecule has 0 bridgehead atoms. The fourth-order valence-corrected chi connectivity index (χ4v) is 4.24. The highest BCUT2D eigenvalue weighted by Gasteiger charge is 2.35. The maximum atomic E-state index is 13.8. The number of carbonyl (C=O) groups excluding carboxylic acids is 1. The second-order valence-electron chi connectivity index (χ2n) is 6.51. The van der Waals surface area contributed by atoms with E-state index in [-0.39, 0.29) is 31.3 Å². The highest BCUT2D eigenvalue weighted by atomic mass is 32.2. The molecule has 0 radical (unpaired) electrons. The summed E-state index contributed by atoms with van der Waals surface area (Å²) in [4.78, 5) is 18.3. The first-order valence-electron chi connectivity index (χ1n) is 8.54. The first kappa shape index (κ1) is 19.4. The van der Waals surface area contributed by atoms with Gasteiger partial charge in [-0.1, -0.05) is 23.4 Å². The molecule has 146 valence electrons. The van der Waals surface area contributed by atoms with Crippen LogP contribution in [-0.2, 0) is 21.2 Å². The SMILES string of the molecule is Cc1noc(C2CCN(C(=O)Cc3ccccc3F)CCN2S(C)(=O)=O)n1. The fraction of sp³-hybridized carbons (Fsp3) is 0.471. The van der Waals surface area contributed by atoms with Crippen molar-refractivity contribution in [3.05, 3.63) is 47.4 Å². The third-order valence-electron chi connectivity index (χ3n) is 4.52. The van der Waals surface area contributed by atoms with Gasteiger partial charge in [0.25, 0.3) is 0 Å². The van der Waals surface area contributed by atoms with E-state index in [9.17, 15) is 17.6 Å². The minimum Gasteiger partial charge on any atom is -0.341 e. The van der Waals surface area contributed by atoms with Crippen molar-refractivity contribution in [3.63, 3.8) is 0 Å². The van der Waals surface area contributed by atoms with Gasteiger partial charge in [0.05, 0.1) is 12.7 Å². The molecule has 1 saturated heterocycles. The average Bonchev–Trinajstić information content (AvgIpc) is 2.89. The Morgan fingerprint density at radius 1 is 1.30 bits per heavy atom. The van der Waals surface area contributed by atoms with E-state index in [0.29, 0.717) is 24.4 Å². The van der Waals surface area contributed by atoms with E-state index in [4.69, 9.17) is 4.52 Å². The number of halogens is 1. The molecule has 1 atom stereocenters. The lowest BCUT2D eigenvalue weighted by molar-refractivity contribution is -0.130. The molecule has 2 aromatic rings. The van der Waals surface area contributed by atoms with Gasteiger partial charge in [0, 0.05) is 19.6 Å². The summed E-state index contributed by atoms with van der Waals surface area (Å²) in [5.41, 5.74) is 0.316. The lowest BCUT2D eigenvalue weighted by atomic mass is 10.1. The average molecular weight is 396 g/mol. The number of rotatable bonds is 4. The first-order valence-corrected chi connectivity index (χ1v) is 10.4. The standard InChI is InChI=1S/C17H21FN4O4S/c1-12-19-17(26-20-12)15-7-8-21(9-10-22(15)27(2,24)25)16(23)11-13-5-3-4-6-14(13)18/h3-6,15H,7-11H2,1-2H3. The molecule has 1 unspecified atom stereocenters. The Hall–Kier alpha value is -2.33. The van der Waals surface area contributed by atoms with Crippen molar-refractivity contribution in [2.75, 3.05) is 25.9 Å². The number of hydrogen-bond acceptors (Lipinski definition) is 6. The molecule has 2 heterocycles. The van der Waals surface area contributed by atoms with Crippen LogP contribution >= 0.6 is 0 Å². The van der Waals surface area contributed by atoms with Crippen molar-refractivity contribution in [2.45, 2.75) is 25.8 Å². The number of nitrogens with zero attached hydrogens (tertiary/aromatic N) is 4. The van der Waals surface area contributed by atoms with Crippen LogP contribution in [0.3, 0.4) is 0 Å². The molecule has 27 heavy (non-hydrogen) atoms. The third kappa shape index (κ3) is 4.51. The van der Waals surface area contributed by atoms with Gasteiger partial charge in [0.1, 0.15) is 11.9 Å². The summed E-state index contributed by atoms with van der Waals surface area (Å²) in [6.45, 7) is 2.28. The van der Waals surface area contributed by atoms with Crippen molar-refractivity contribution in [1.29, 1.82) is 0 Å². The topological polar surface area (TPSA) is 96.6 Å². The predicted octanol–water partition coefficient (Wildman–Crippen LogP) is 1.29. The van der Waals surface area contributed by atoms with Gasteiger partial charge in [-0.05, 0) is 25.0 Å². The van der Waals surface area contributed by atoms with Crippen LogP contribution in [0.15, 0.2) is 28.8 Å². The highest BCUT2D eigenvalue weighted by molar-refractivity contribution is 7.88. The Kier molecular flexibility index (Phi) is 5.56. The summed E-state index contributed by atoms with van der Waals surface area (Å²) < 4.78 is 44.7. The minimum absolute atomic E-state index is 0.0735. The Morgan fingerprint density at radius 3 is 2.67 bits per heavy atom. The summed E-state index contributed by atoms with van der Waals surface area (Å²) >= 11 is 0. The number of carbonyl (C=O) groups is 1. The smallest absolute Gasteiger partial charge is 0.245 e. The quantitative estimate of drug-likeness (QED) is 0.773. The minimum atomic E-state index is -3.54. The van der Waals surface area contributed by atoms with E-state index in [0.717, 1.165) is 6.26 Å². The van der Waals surface area contributed by atoms with Gasteiger partial charge in [-0.2, -0.15) is 9.29 Å². The van der Waals surface area contributed by atoms with Gasteiger partial charge in [-0.3, -0.25) is 4.79 Å². The van der Waals surface area contributed by atoms with Crippen molar-refractivity contribution in [1.82, 2.24) is 19.3 Å². The molecular weight excluding hydrogens is 375 g/mol. The number of hydrogen-bond donors (Lipinski definition) is 0. The monoisotopic (exact) mass is 396 g/mol. The van der Waals surface area contributed by atoms with Gasteiger partial charge in [0.2, 0.25) is 21.8 Å². The van der Waals surface area contributed by atoms with Crippen LogP contribution in [0.2, 0.25) is 0 Å². The van der Waals surface area contributed by atoms with Crippen molar-refractivity contribution < 1.29 is 22.1 Å². The molecule has 10 heteroatoms. The van der Waals surface area contributed by atoms with Crippen molar-refractivity contribution in [3.8, 4) is 0 Å². The Balaban J connectivity index is 1.78. The molecule has 1 amide bonds. The fourth-order valence-electron chi connectivity index (χ4n) is 3.17. The van der Waals surface area contributed by atoms with Gasteiger partial charge in [-0.25, -0.2) is 12.8 Å². The largest absolute Gasteiger partial charge is 0.341 e. The molecule has 0 N–H and O–H groups in total. The number of aryl methyl sites for hydroxylation is 1. The number of benzene rings is 1. The first-order chi connectivity index (χ1) is 12.8. The predicted molar refractivity (Wildman–Crippen MR) is 94.6 cm³/mol. The van der Waals surface area contributed by atoms with Crippen molar-refractivity contribution in [2.24, 2.45) is 0 Å². The lowest BCUT2D eigenvalue weighted by Crippen LogP contribution is -2.38. The Labute approximate surface area is 157 Å². The number of amides is 1. The van der Waals surface area contributed by atoms with E-state index >= 15 is 0 Å². The van der Waals surface area contributed by atoms with Crippen LogP contribution in [0.4, 0.5) is 4.39 Å². The normalized spacial score (nSPS) is 19.1. The lowest BCUT2D eigenvalue weighted by Gasteiger charge is -2.24. The summed E-state index contributed by atoms with van der Waals surface area (Å²) in [5, 5.41) is 3.73. The Morgan fingerprint density at radius 2 is 2.04 bits per heavy atom.